The molecule has 1 aliphatic rings. The maximum atomic E-state index is 14.2. The number of hydrogen-bond donors (Lipinski definition) is 0. The Kier molecular flexibility index (Phi) is 8.04. The van der Waals surface area contributed by atoms with Crippen LogP contribution in [-0.4, -0.2) is 49.0 Å². The minimum atomic E-state index is -0.239. The van der Waals surface area contributed by atoms with Gasteiger partial charge in [0.1, 0.15) is 17.3 Å². The van der Waals surface area contributed by atoms with Gasteiger partial charge in [-0.05, 0) is 47.5 Å². The Morgan fingerprint density at radius 2 is 1.55 bits per heavy atom. The third-order valence-electron chi connectivity index (χ3n) is 6.80. The van der Waals surface area contributed by atoms with Gasteiger partial charge in [0.05, 0.1) is 19.3 Å². The van der Waals surface area contributed by atoms with Gasteiger partial charge in [0.2, 0.25) is 0 Å². The molecular weight excluding hydrogens is 481 g/mol. The minimum Gasteiger partial charge on any atom is -0.497 e. The summed E-state index contributed by atoms with van der Waals surface area (Å²) in [5, 5.41) is 0. The molecule has 1 amide bonds. The summed E-state index contributed by atoms with van der Waals surface area (Å²) in [6.45, 7) is 4.17. The number of piperazine rings is 1. The molecule has 0 spiro atoms. The summed E-state index contributed by atoms with van der Waals surface area (Å²) >= 11 is 0. The fourth-order valence-corrected chi connectivity index (χ4v) is 4.85. The van der Waals surface area contributed by atoms with Gasteiger partial charge >= 0.3 is 0 Å². The van der Waals surface area contributed by atoms with Crippen LogP contribution in [0.2, 0.25) is 0 Å². The zero-order valence-corrected chi connectivity index (χ0v) is 21.6. The van der Waals surface area contributed by atoms with Crippen LogP contribution in [-0.2, 0) is 19.6 Å². The lowest BCUT2D eigenvalue weighted by Gasteiger charge is -2.35. The average molecular weight is 514 g/mol. The van der Waals surface area contributed by atoms with Crippen LogP contribution >= 0.6 is 0 Å². The minimum absolute atomic E-state index is 0.133. The number of carbonyl (C=O) groups is 1. The second kappa shape index (κ2) is 12.0. The highest BCUT2D eigenvalue weighted by atomic mass is 19.1. The highest BCUT2D eigenvalue weighted by molar-refractivity contribution is 5.91. The summed E-state index contributed by atoms with van der Waals surface area (Å²) in [6.07, 6.45) is 0. The Labute approximate surface area is 222 Å². The molecule has 0 N–H and O–H groups in total. The van der Waals surface area contributed by atoms with Crippen LogP contribution in [0, 0.1) is 5.82 Å². The molecule has 3 aromatic carbocycles. The maximum absolute atomic E-state index is 14.2. The van der Waals surface area contributed by atoms with E-state index in [0.717, 1.165) is 23.6 Å². The largest absolute Gasteiger partial charge is 0.497 e. The summed E-state index contributed by atoms with van der Waals surface area (Å²) in [5.74, 6) is 1.52. The molecule has 7 heteroatoms. The van der Waals surface area contributed by atoms with Crippen molar-refractivity contribution in [2.24, 2.45) is 0 Å². The van der Waals surface area contributed by atoms with E-state index in [4.69, 9.17) is 9.15 Å². The fraction of sp³-hybridized carbons (Fsp3) is 0.258. The van der Waals surface area contributed by atoms with Gasteiger partial charge < -0.3 is 19.0 Å². The Bertz CT molecular complexity index is 1350. The second-order valence-corrected chi connectivity index (χ2v) is 9.48. The first-order valence-corrected chi connectivity index (χ1v) is 12.9. The number of anilines is 1. The summed E-state index contributed by atoms with van der Waals surface area (Å²) in [6, 6.07) is 28.7. The van der Waals surface area contributed by atoms with Crippen LogP contribution in [0.5, 0.6) is 5.75 Å². The lowest BCUT2D eigenvalue weighted by molar-refractivity contribution is 0.0710. The number of furan rings is 1. The normalized spacial score (nSPS) is 13.7. The molecule has 0 bridgehead atoms. The van der Waals surface area contributed by atoms with Gasteiger partial charge in [-0.1, -0.05) is 54.6 Å². The Hall–Kier alpha value is -4.10. The van der Waals surface area contributed by atoms with Crippen molar-refractivity contribution < 1.29 is 18.3 Å². The monoisotopic (exact) mass is 513 g/mol. The molecule has 0 aliphatic carbocycles. The number of rotatable bonds is 9. The van der Waals surface area contributed by atoms with Crippen LogP contribution < -0.4 is 9.64 Å². The second-order valence-electron chi connectivity index (χ2n) is 9.48. The molecule has 5 rings (SSSR count). The zero-order chi connectivity index (χ0) is 26.3. The van der Waals surface area contributed by atoms with E-state index < -0.39 is 0 Å². The first-order chi connectivity index (χ1) is 18.6. The van der Waals surface area contributed by atoms with E-state index >= 15 is 0 Å². The van der Waals surface area contributed by atoms with Gasteiger partial charge in [0.15, 0.2) is 5.76 Å². The first kappa shape index (κ1) is 25.5. The predicted molar refractivity (Wildman–Crippen MR) is 146 cm³/mol. The van der Waals surface area contributed by atoms with Crippen molar-refractivity contribution >= 4 is 11.6 Å². The average Bonchev–Trinajstić information content (AvgIpc) is 3.42. The molecule has 4 aromatic rings. The van der Waals surface area contributed by atoms with Crippen LogP contribution in [0.1, 0.15) is 27.4 Å². The van der Waals surface area contributed by atoms with E-state index in [0.29, 0.717) is 50.7 Å². The number of para-hydroxylation sites is 1. The van der Waals surface area contributed by atoms with Crippen molar-refractivity contribution in [2.75, 3.05) is 38.2 Å². The van der Waals surface area contributed by atoms with Crippen LogP contribution in [0.4, 0.5) is 10.1 Å². The Balaban J connectivity index is 1.24. The van der Waals surface area contributed by atoms with E-state index in [1.165, 1.54) is 11.6 Å². The van der Waals surface area contributed by atoms with Crippen LogP contribution in [0.15, 0.2) is 95.4 Å². The molecule has 1 fully saturated rings. The van der Waals surface area contributed by atoms with Gasteiger partial charge in [0.25, 0.3) is 5.91 Å². The molecule has 196 valence electrons. The standard InChI is InChI=1S/C31H32FN3O3/c1-37-26-11-7-10-25(20-26)22-33(21-24-8-3-2-4-9-24)23-27-14-15-30(38-27)31(36)35-18-16-34(17-19-35)29-13-6-5-12-28(29)32/h2-15,20H,16-19,21-23H2,1H3. The quantitative estimate of drug-likeness (QED) is 0.292. The highest BCUT2D eigenvalue weighted by Crippen LogP contribution is 2.22. The van der Waals surface area contributed by atoms with Crippen molar-refractivity contribution in [3.05, 3.63) is 119 Å². The van der Waals surface area contributed by atoms with E-state index in [1.807, 2.05) is 53.4 Å². The number of hydrogen-bond acceptors (Lipinski definition) is 5. The van der Waals surface area contributed by atoms with Gasteiger partial charge in [-0.25, -0.2) is 4.39 Å². The predicted octanol–water partition coefficient (Wildman–Crippen LogP) is 5.59. The summed E-state index contributed by atoms with van der Waals surface area (Å²) in [7, 11) is 1.67. The topological polar surface area (TPSA) is 49.2 Å². The van der Waals surface area contributed by atoms with E-state index in [2.05, 4.69) is 23.1 Å². The zero-order valence-electron chi connectivity index (χ0n) is 21.6. The summed E-state index contributed by atoms with van der Waals surface area (Å²) < 4.78 is 25.6. The van der Waals surface area contributed by atoms with Crippen molar-refractivity contribution in [1.82, 2.24) is 9.80 Å². The van der Waals surface area contributed by atoms with E-state index in [1.54, 1.807) is 30.2 Å². The number of methoxy groups -OCH3 is 1. The van der Waals surface area contributed by atoms with Crippen LogP contribution in [0.25, 0.3) is 0 Å². The molecule has 38 heavy (non-hydrogen) atoms. The van der Waals surface area contributed by atoms with E-state index in [9.17, 15) is 9.18 Å². The van der Waals surface area contributed by atoms with Gasteiger partial charge in [-0.2, -0.15) is 0 Å². The Morgan fingerprint density at radius 3 is 2.32 bits per heavy atom. The molecular formula is C31H32FN3O3. The SMILES string of the molecule is COc1cccc(CN(Cc2ccccc2)Cc2ccc(C(=O)N3CCN(c4ccccc4F)CC3)o2)c1. The number of nitrogens with zero attached hydrogens (tertiary/aromatic N) is 3. The van der Waals surface area contributed by atoms with Gasteiger partial charge in [0, 0.05) is 39.3 Å². The van der Waals surface area contributed by atoms with Gasteiger partial charge in [-0.15, -0.1) is 0 Å². The summed E-state index contributed by atoms with van der Waals surface area (Å²) in [4.78, 5) is 19.2. The molecule has 2 heterocycles. The number of benzene rings is 3. The van der Waals surface area contributed by atoms with Crippen molar-refractivity contribution in [1.29, 1.82) is 0 Å². The molecule has 0 unspecified atom stereocenters. The third kappa shape index (κ3) is 6.23. The molecule has 0 radical (unpaired) electrons. The molecule has 1 aliphatic heterocycles. The Morgan fingerprint density at radius 1 is 0.842 bits per heavy atom. The van der Waals surface area contributed by atoms with Crippen LogP contribution in [0.3, 0.4) is 0 Å². The van der Waals surface area contributed by atoms with E-state index in [-0.39, 0.29) is 11.7 Å². The lowest BCUT2D eigenvalue weighted by Crippen LogP contribution is -2.49. The van der Waals surface area contributed by atoms with Crippen molar-refractivity contribution in [3.8, 4) is 5.75 Å². The number of ether oxygens (including phenoxy) is 1. The first-order valence-electron chi connectivity index (χ1n) is 12.9. The summed E-state index contributed by atoms with van der Waals surface area (Å²) in [5.41, 5.74) is 2.91. The molecule has 0 atom stereocenters. The van der Waals surface area contributed by atoms with Crippen molar-refractivity contribution in [3.63, 3.8) is 0 Å². The number of halogens is 1. The molecule has 0 saturated carbocycles. The molecule has 1 saturated heterocycles. The smallest absolute Gasteiger partial charge is 0.289 e. The maximum Gasteiger partial charge on any atom is 0.289 e. The fourth-order valence-electron chi connectivity index (χ4n) is 4.85. The lowest BCUT2D eigenvalue weighted by atomic mass is 10.1. The number of carbonyl (C=O) groups excluding carboxylic acids is 1. The highest BCUT2D eigenvalue weighted by Gasteiger charge is 2.25. The van der Waals surface area contributed by atoms with Crippen molar-refractivity contribution in [2.45, 2.75) is 19.6 Å². The molecule has 1 aromatic heterocycles. The third-order valence-corrected chi connectivity index (χ3v) is 6.80. The van der Waals surface area contributed by atoms with Gasteiger partial charge in [-0.3, -0.25) is 9.69 Å². The number of amides is 1. The molecule has 6 nitrogen and oxygen atoms in total.